The fraction of sp³-hybridized carbons (Fsp3) is 0.500. The van der Waals surface area contributed by atoms with Crippen molar-refractivity contribution >= 4 is 34.5 Å². The highest BCUT2D eigenvalue weighted by atomic mass is 32.1. The van der Waals surface area contributed by atoms with Gasteiger partial charge in [0.15, 0.2) is 0 Å². The molecule has 1 saturated carbocycles. The highest BCUT2D eigenvalue weighted by Gasteiger charge is 2.34. The van der Waals surface area contributed by atoms with Gasteiger partial charge in [-0.25, -0.2) is 0 Å². The highest BCUT2D eigenvalue weighted by molar-refractivity contribution is 7.80. The fourth-order valence-electron chi connectivity index (χ4n) is 1.75. The Morgan fingerprint density at radius 3 is 2.82 bits per heavy atom. The Kier molecular flexibility index (Phi) is 3.79. The first-order valence-corrected chi connectivity index (χ1v) is 7.03. The number of thiocarbonyl (C=S) groups is 1. The zero-order valence-corrected chi connectivity index (χ0v) is 11.4. The van der Waals surface area contributed by atoms with E-state index in [2.05, 4.69) is 12.2 Å². The Balaban J connectivity index is 2.02. The van der Waals surface area contributed by atoms with E-state index >= 15 is 0 Å². The van der Waals surface area contributed by atoms with Crippen LogP contribution in [0.3, 0.4) is 0 Å². The highest BCUT2D eigenvalue weighted by Crippen LogP contribution is 2.33. The standard InChI is InChI=1S/C12H16N2OS2/c1-2-8-5-6-9(17-8)12(15)14-10(11(13)16)7-3-4-7/h5-7,10H,2-4H2,1H3,(H2,13,16)(H,14,15). The lowest BCUT2D eigenvalue weighted by molar-refractivity contribution is 0.0948. The Morgan fingerprint density at radius 1 is 1.65 bits per heavy atom. The van der Waals surface area contributed by atoms with Gasteiger partial charge in [-0.3, -0.25) is 4.79 Å². The van der Waals surface area contributed by atoms with Crippen molar-refractivity contribution in [2.24, 2.45) is 11.7 Å². The maximum absolute atomic E-state index is 12.0. The first kappa shape index (κ1) is 12.5. The van der Waals surface area contributed by atoms with Crippen molar-refractivity contribution in [2.45, 2.75) is 32.2 Å². The zero-order chi connectivity index (χ0) is 12.4. The van der Waals surface area contributed by atoms with Crippen LogP contribution >= 0.6 is 23.6 Å². The molecule has 1 unspecified atom stereocenters. The number of nitrogens with two attached hydrogens (primary N) is 1. The quantitative estimate of drug-likeness (QED) is 0.804. The molecule has 3 nitrogen and oxygen atoms in total. The second-order valence-electron chi connectivity index (χ2n) is 4.31. The fourth-order valence-corrected chi connectivity index (χ4v) is 2.86. The largest absolute Gasteiger partial charge is 0.392 e. The summed E-state index contributed by atoms with van der Waals surface area (Å²) in [6, 6.07) is 3.72. The van der Waals surface area contributed by atoms with E-state index in [9.17, 15) is 4.79 Å². The van der Waals surface area contributed by atoms with Gasteiger partial charge in [0, 0.05) is 4.88 Å². The maximum Gasteiger partial charge on any atom is 0.261 e. The molecule has 1 aromatic rings. The van der Waals surface area contributed by atoms with Crippen LogP contribution in [0.5, 0.6) is 0 Å². The summed E-state index contributed by atoms with van der Waals surface area (Å²) in [5.41, 5.74) is 5.66. The van der Waals surface area contributed by atoms with Crippen LogP contribution in [0.15, 0.2) is 12.1 Å². The lowest BCUT2D eigenvalue weighted by Crippen LogP contribution is -2.44. The average Bonchev–Trinajstić information content (AvgIpc) is 3.01. The van der Waals surface area contributed by atoms with Gasteiger partial charge >= 0.3 is 0 Å². The van der Waals surface area contributed by atoms with Gasteiger partial charge in [-0.05, 0) is 37.3 Å². The molecule has 0 aromatic carbocycles. The smallest absolute Gasteiger partial charge is 0.261 e. The molecule has 0 saturated heterocycles. The van der Waals surface area contributed by atoms with Gasteiger partial charge < -0.3 is 11.1 Å². The predicted molar refractivity (Wildman–Crippen MR) is 74.5 cm³/mol. The van der Waals surface area contributed by atoms with Crippen molar-refractivity contribution in [3.8, 4) is 0 Å². The second-order valence-corrected chi connectivity index (χ2v) is 5.95. The van der Waals surface area contributed by atoms with E-state index in [4.69, 9.17) is 18.0 Å². The number of thiophene rings is 1. The topological polar surface area (TPSA) is 55.1 Å². The minimum Gasteiger partial charge on any atom is -0.392 e. The number of carbonyl (C=O) groups excluding carboxylic acids is 1. The van der Waals surface area contributed by atoms with Crippen molar-refractivity contribution in [3.63, 3.8) is 0 Å². The number of nitrogens with one attached hydrogen (secondary N) is 1. The molecular formula is C12H16N2OS2. The summed E-state index contributed by atoms with van der Waals surface area (Å²) in [4.78, 5) is 14.4. The molecule has 2 rings (SSSR count). The molecule has 3 N–H and O–H groups in total. The van der Waals surface area contributed by atoms with Crippen molar-refractivity contribution in [1.29, 1.82) is 0 Å². The van der Waals surface area contributed by atoms with Gasteiger partial charge in [0.05, 0.1) is 15.9 Å². The Hall–Kier alpha value is -0.940. The van der Waals surface area contributed by atoms with E-state index in [1.807, 2.05) is 12.1 Å². The van der Waals surface area contributed by atoms with Crippen LogP contribution in [-0.4, -0.2) is 16.9 Å². The first-order chi connectivity index (χ1) is 8.11. The van der Waals surface area contributed by atoms with Gasteiger partial charge in [-0.15, -0.1) is 11.3 Å². The molecular weight excluding hydrogens is 252 g/mol. The molecule has 17 heavy (non-hydrogen) atoms. The van der Waals surface area contributed by atoms with Gasteiger partial charge in [-0.1, -0.05) is 19.1 Å². The second kappa shape index (κ2) is 5.14. The van der Waals surface area contributed by atoms with Gasteiger partial charge in [0.25, 0.3) is 5.91 Å². The summed E-state index contributed by atoms with van der Waals surface area (Å²) in [5.74, 6) is 0.390. The third-order valence-electron chi connectivity index (χ3n) is 2.92. The minimum absolute atomic E-state index is 0.0561. The molecule has 1 heterocycles. The number of hydrogen-bond donors (Lipinski definition) is 2. The predicted octanol–water partition coefficient (Wildman–Crippen LogP) is 2.11. The van der Waals surface area contributed by atoms with Crippen molar-refractivity contribution in [3.05, 3.63) is 21.9 Å². The van der Waals surface area contributed by atoms with E-state index in [1.54, 1.807) is 0 Å². The molecule has 1 aromatic heterocycles. The number of amides is 1. The van der Waals surface area contributed by atoms with E-state index in [0.29, 0.717) is 10.9 Å². The Morgan fingerprint density at radius 2 is 2.35 bits per heavy atom. The molecule has 1 aliphatic rings. The lowest BCUT2D eigenvalue weighted by Gasteiger charge is -2.15. The first-order valence-electron chi connectivity index (χ1n) is 5.80. The summed E-state index contributed by atoms with van der Waals surface area (Å²) in [6.07, 6.45) is 3.17. The molecule has 5 heteroatoms. The number of aryl methyl sites for hydroxylation is 1. The van der Waals surface area contributed by atoms with Crippen molar-refractivity contribution in [2.75, 3.05) is 0 Å². The third kappa shape index (κ3) is 3.04. The van der Waals surface area contributed by atoms with E-state index in [0.717, 1.165) is 24.1 Å². The molecule has 0 radical (unpaired) electrons. The van der Waals surface area contributed by atoms with Crippen LogP contribution < -0.4 is 11.1 Å². The van der Waals surface area contributed by atoms with Crippen LogP contribution in [0.2, 0.25) is 0 Å². The number of carbonyl (C=O) groups is 1. The Labute approximate surface area is 110 Å². The summed E-state index contributed by atoms with van der Waals surface area (Å²) in [6.45, 7) is 2.08. The molecule has 0 bridgehead atoms. The van der Waals surface area contributed by atoms with Crippen LogP contribution in [0.25, 0.3) is 0 Å². The summed E-state index contributed by atoms with van der Waals surface area (Å²) >= 11 is 6.53. The molecule has 92 valence electrons. The zero-order valence-electron chi connectivity index (χ0n) is 9.73. The van der Waals surface area contributed by atoms with Crippen molar-refractivity contribution < 1.29 is 4.79 Å². The van der Waals surface area contributed by atoms with E-state index < -0.39 is 0 Å². The third-order valence-corrected chi connectivity index (χ3v) is 4.40. The molecule has 1 aliphatic carbocycles. The van der Waals surface area contributed by atoms with Crippen LogP contribution in [0, 0.1) is 5.92 Å². The molecule has 1 atom stereocenters. The molecule has 1 amide bonds. The maximum atomic E-state index is 12.0. The monoisotopic (exact) mass is 268 g/mol. The summed E-state index contributed by atoms with van der Waals surface area (Å²) in [7, 11) is 0. The van der Waals surface area contributed by atoms with Crippen LogP contribution in [-0.2, 0) is 6.42 Å². The number of rotatable bonds is 5. The average molecular weight is 268 g/mol. The SMILES string of the molecule is CCc1ccc(C(=O)NC(C(N)=S)C2CC2)s1. The molecule has 0 aliphatic heterocycles. The number of hydrogen-bond acceptors (Lipinski definition) is 3. The lowest BCUT2D eigenvalue weighted by atomic mass is 10.2. The minimum atomic E-state index is -0.135. The normalized spacial score (nSPS) is 16.5. The van der Waals surface area contributed by atoms with E-state index in [-0.39, 0.29) is 11.9 Å². The summed E-state index contributed by atoms with van der Waals surface area (Å²) < 4.78 is 0. The van der Waals surface area contributed by atoms with Crippen LogP contribution in [0.1, 0.15) is 34.3 Å². The van der Waals surface area contributed by atoms with Gasteiger partial charge in [-0.2, -0.15) is 0 Å². The van der Waals surface area contributed by atoms with Crippen LogP contribution in [0.4, 0.5) is 0 Å². The Bertz CT molecular complexity index is 437. The van der Waals surface area contributed by atoms with Gasteiger partial charge in [0.1, 0.15) is 0 Å². The van der Waals surface area contributed by atoms with Gasteiger partial charge in [0.2, 0.25) is 0 Å². The van der Waals surface area contributed by atoms with Crippen molar-refractivity contribution in [1.82, 2.24) is 5.32 Å². The molecule has 1 fully saturated rings. The molecule has 0 spiro atoms. The summed E-state index contributed by atoms with van der Waals surface area (Å²) in [5, 5.41) is 2.94. The van der Waals surface area contributed by atoms with E-state index in [1.165, 1.54) is 16.2 Å².